The number of nitrogens with zero attached hydrogens (tertiary/aromatic N) is 7. The van der Waals surface area contributed by atoms with Crippen molar-refractivity contribution in [1.29, 1.82) is 0 Å². The molecule has 0 aromatic carbocycles. The lowest BCUT2D eigenvalue weighted by atomic mass is 9.98. The number of rotatable bonds is 6. The molecule has 3 aromatic heterocycles. The Morgan fingerprint density at radius 3 is 2.57 bits per heavy atom. The zero-order chi connectivity index (χ0) is 20.5. The number of hydrogen-bond acceptors (Lipinski definition) is 7. The van der Waals surface area contributed by atoms with Gasteiger partial charge in [0.15, 0.2) is 5.82 Å². The number of ether oxygens (including phenoxy) is 1. The van der Waals surface area contributed by atoms with Gasteiger partial charge in [0.25, 0.3) is 0 Å². The Labute approximate surface area is 176 Å². The van der Waals surface area contributed by atoms with Crippen LogP contribution in [0.25, 0.3) is 5.82 Å². The lowest BCUT2D eigenvalue weighted by Crippen LogP contribution is -2.36. The van der Waals surface area contributed by atoms with Crippen LogP contribution in [-0.4, -0.2) is 49.4 Å². The van der Waals surface area contributed by atoms with Crippen molar-refractivity contribution in [2.75, 3.05) is 24.6 Å². The van der Waals surface area contributed by atoms with E-state index in [4.69, 9.17) is 9.72 Å². The molecule has 30 heavy (non-hydrogen) atoms. The number of aromatic nitrogens is 6. The van der Waals surface area contributed by atoms with Gasteiger partial charge in [0.1, 0.15) is 18.0 Å². The predicted octanol–water partition coefficient (Wildman–Crippen LogP) is 3.24. The van der Waals surface area contributed by atoms with Gasteiger partial charge in [-0.3, -0.25) is 0 Å². The highest BCUT2D eigenvalue weighted by atomic mass is 16.5. The van der Waals surface area contributed by atoms with Crippen LogP contribution in [0.3, 0.4) is 0 Å². The van der Waals surface area contributed by atoms with Crippen LogP contribution in [0.4, 0.5) is 5.82 Å². The van der Waals surface area contributed by atoms with E-state index in [0.717, 1.165) is 54.8 Å². The Hall–Kier alpha value is -3.03. The van der Waals surface area contributed by atoms with Gasteiger partial charge in [0, 0.05) is 37.0 Å². The van der Waals surface area contributed by atoms with Gasteiger partial charge in [0.05, 0.1) is 12.3 Å². The van der Waals surface area contributed by atoms with Crippen molar-refractivity contribution in [2.24, 2.45) is 5.92 Å². The number of hydrogen-bond donors (Lipinski definition) is 0. The molecule has 4 heterocycles. The van der Waals surface area contributed by atoms with Crippen molar-refractivity contribution in [3.8, 4) is 11.7 Å². The summed E-state index contributed by atoms with van der Waals surface area (Å²) >= 11 is 0. The van der Waals surface area contributed by atoms with Gasteiger partial charge in [-0.1, -0.05) is 0 Å². The molecule has 3 aromatic rings. The van der Waals surface area contributed by atoms with Crippen molar-refractivity contribution >= 4 is 5.82 Å². The molecule has 1 aliphatic heterocycles. The maximum absolute atomic E-state index is 6.02. The summed E-state index contributed by atoms with van der Waals surface area (Å²) in [6, 6.07) is 5.92. The molecule has 156 valence electrons. The highest BCUT2D eigenvalue weighted by molar-refractivity contribution is 5.38. The molecule has 0 atom stereocenters. The Balaban J connectivity index is 1.16. The second-order valence-corrected chi connectivity index (χ2v) is 8.34. The van der Waals surface area contributed by atoms with Crippen LogP contribution >= 0.6 is 0 Å². The molecule has 0 amide bonds. The third-order valence-corrected chi connectivity index (χ3v) is 5.86. The first-order chi connectivity index (χ1) is 14.7. The normalized spacial score (nSPS) is 17.3. The van der Waals surface area contributed by atoms with Gasteiger partial charge in [0.2, 0.25) is 5.88 Å². The van der Waals surface area contributed by atoms with Crippen LogP contribution in [0.1, 0.15) is 48.8 Å². The van der Waals surface area contributed by atoms with E-state index in [1.54, 1.807) is 0 Å². The summed E-state index contributed by atoms with van der Waals surface area (Å²) in [5.74, 6) is 4.51. The zero-order valence-corrected chi connectivity index (χ0v) is 17.5. The van der Waals surface area contributed by atoms with Gasteiger partial charge < -0.3 is 9.64 Å². The van der Waals surface area contributed by atoms with Gasteiger partial charge in [-0.25, -0.2) is 24.6 Å². The summed E-state index contributed by atoms with van der Waals surface area (Å²) < 4.78 is 7.84. The van der Waals surface area contributed by atoms with E-state index < -0.39 is 0 Å². The molecule has 1 saturated carbocycles. The molecule has 8 nitrogen and oxygen atoms in total. The van der Waals surface area contributed by atoms with Crippen LogP contribution < -0.4 is 9.64 Å². The summed E-state index contributed by atoms with van der Waals surface area (Å²) in [6.07, 6.45) is 8.06. The molecule has 5 rings (SSSR count). The lowest BCUT2D eigenvalue weighted by Gasteiger charge is -2.32. The lowest BCUT2D eigenvalue weighted by molar-refractivity contribution is 0.215. The van der Waals surface area contributed by atoms with Crippen molar-refractivity contribution in [2.45, 2.75) is 45.4 Å². The Kier molecular flexibility index (Phi) is 5.06. The third-order valence-electron chi connectivity index (χ3n) is 5.86. The topological polar surface area (TPSA) is 81.9 Å². The summed E-state index contributed by atoms with van der Waals surface area (Å²) in [5.41, 5.74) is 2.01. The highest BCUT2D eigenvalue weighted by Gasteiger charge is 2.28. The zero-order valence-electron chi connectivity index (χ0n) is 17.5. The van der Waals surface area contributed by atoms with Crippen molar-refractivity contribution in [3.63, 3.8) is 0 Å². The minimum Gasteiger partial charge on any atom is -0.477 e. The smallest absolute Gasteiger partial charge is 0.218 e. The van der Waals surface area contributed by atoms with Crippen molar-refractivity contribution in [3.05, 3.63) is 47.9 Å². The van der Waals surface area contributed by atoms with Crippen LogP contribution in [0.15, 0.2) is 30.7 Å². The van der Waals surface area contributed by atoms with Gasteiger partial charge in [-0.2, -0.15) is 5.10 Å². The largest absolute Gasteiger partial charge is 0.477 e. The average Bonchev–Trinajstić information content (AvgIpc) is 3.57. The molecule has 1 saturated heterocycles. The number of piperidine rings is 1. The third kappa shape index (κ3) is 4.13. The highest BCUT2D eigenvalue weighted by Crippen LogP contribution is 2.38. The van der Waals surface area contributed by atoms with Crippen LogP contribution in [0.5, 0.6) is 5.88 Å². The average molecular weight is 406 g/mol. The first-order valence-corrected chi connectivity index (χ1v) is 10.7. The van der Waals surface area contributed by atoms with E-state index in [9.17, 15) is 0 Å². The predicted molar refractivity (Wildman–Crippen MR) is 113 cm³/mol. The fourth-order valence-electron chi connectivity index (χ4n) is 4.00. The Morgan fingerprint density at radius 1 is 1.00 bits per heavy atom. The Morgan fingerprint density at radius 2 is 1.83 bits per heavy atom. The molecule has 8 heteroatoms. The van der Waals surface area contributed by atoms with Crippen LogP contribution in [0.2, 0.25) is 0 Å². The monoisotopic (exact) mass is 405 g/mol. The van der Waals surface area contributed by atoms with E-state index in [1.807, 2.05) is 42.9 Å². The molecular formula is C22H27N7O. The van der Waals surface area contributed by atoms with Gasteiger partial charge in [-0.05, 0) is 57.6 Å². The van der Waals surface area contributed by atoms with E-state index in [0.29, 0.717) is 24.3 Å². The first kappa shape index (κ1) is 19.0. The number of anilines is 1. The first-order valence-electron chi connectivity index (χ1n) is 10.7. The molecule has 2 aliphatic rings. The summed E-state index contributed by atoms with van der Waals surface area (Å²) in [6.45, 7) is 6.65. The summed E-state index contributed by atoms with van der Waals surface area (Å²) in [5, 5.41) is 4.48. The maximum Gasteiger partial charge on any atom is 0.218 e. The minimum atomic E-state index is 0.512. The summed E-state index contributed by atoms with van der Waals surface area (Å²) in [4.78, 5) is 20.2. The van der Waals surface area contributed by atoms with E-state index >= 15 is 0 Å². The van der Waals surface area contributed by atoms with Crippen molar-refractivity contribution in [1.82, 2.24) is 29.7 Å². The van der Waals surface area contributed by atoms with E-state index in [2.05, 4.69) is 25.0 Å². The molecule has 0 spiro atoms. The second-order valence-electron chi connectivity index (χ2n) is 8.34. The Bertz CT molecular complexity index is 1020. The minimum absolute atomic E-state index is 0.512. The van der Waals surface area contributed by atoms with Crippen LogP contribution in [-0.2, 0) is 0 Å². The van der Waals surface area contributed by atoms with E-state index in [-0.39, 0.29) is 0 Å². The molecule has 0 N–H and O–H groups in total. The summed E-state index contributed by atoms with van der Waals surface area (Å²) in [7, 11) is 0. The van der Waals surface area contributed by atoms with Gasteiger partial charge in [-0.15, -0.1) is 0 Å². The number of aryl methyl sites for hydroxylation is 2. The fourth-order valence-corrected chi connectivity index (χ4v) is 4.00. The molecule has 2 fully saturated rings. The molecular weight excluding hydrogens is 378 g/mol. The molecule has 0 bridgehead atoms. The van der Waals surface area contributed by atoms with Gasteiger partial charge >= 0.3 is 0 Å². The standard InChI is InChI=1S/C22H27N7O/c1-15-11-16(2)29(27-15)20-12-21(25-14-24-20)30-13-17-6-9-28(10-7-17)19-5-8-23-22(26-19)18-3-4-18/h5,8,11-12,14,17-18H,3-4,6-7,9-10,13H2,1-2H3. The quantitative estimate of drug-likeness (QED) is 0.623. The maximum atomic E-state index is 6.02. The van der Waals surface area contributed by atoms with E-state index in [1.165, 1.54) is 19.2 Å². The SMILES string of the molecule is Cc1cc(C)n(-c2cc(OCC3CCN(c4ccnc(C5CC5)n4)CC3)ncn2)n1. The van der Waals surface area contributed by atoms with Crippen molar-refractivity contribution < 1.29 is 4.74 Å². The second kappa shape index (κ2) is 8.01. The molecule has 0 radical (unpaired) electrons. The fraction of sp³-hybridized carbons (Fsp3) is 0.500. The van der Waals surface area contributed by atoms with Crippen LogP contribution in [0, 0.1) is 19.8 Å². The molecule has 1 aliphatic carbocycles. The molecule has 0 unspecified atom stereocenters.